The summed E-state index contributed by atoms with van der Waals surface area (Å²) in [6, 6.07) is 8.17. The highest BCUT2D eigenvalue weighted by Crippen LogP contribution is 2.27. The molecule has 1 aromatic carbocycles. The van der Waals surface area contributed by atoms with Crippen molar-refractivity contribution in [2.45, 2.75) is 25.8 Å². The quantitative estimate of drug-likeness (QED) is 0.622. The van der Waals surface area contributed by atoms with E-state index in [0.29, 0.717) is 0 Å². The van der Waals surface area contributed by atoms with E-state index in [-0.39, 0.29) is 5.38 Å². The normalized spacial score (nSPS) is 12.8. The van der Waals surface area contributed by atoms with Gasteiger partial charge in [-0.2, -0.15) is 0 Å². The molecule has 0 aliphatic carbocycles. The number of hydrogen-bond acceptors (Lipinski definition) is 2. The van der Waals surface area contributed by atoms with E-state index in [2.05, 4.69) is 43.5 Å². The number of nitrogens with zero attached hydrogens (tertiary/aromatic N) is 3. The van der Waals surface area contributed by atoms with Gasteiger partial charge < -0.3 is 4.57 Å². The Morgan fingerprint density at radius 1 is 1.33 bits per heavy atom. The van der Waals surface area contributed by atoms with Crippen LogP contribution in [0.3, 0.4) is 0 Å². The maximum Gasteiger partial charge on any atom is 0.128 e. The van der Waals surface area contributed by atoms with Crippen molar-refractivity contribution in [3.63, 3.8) is 0 Å². The summed E-state index contributed by atoms with van der Waals surface area (Å²) in [5.74, 6) is 0.890. The van der Waals surface area contributed by atoms with Crippen molar-refractivity contribution in [3.8, 4) is 0 Å². The van der Waals surface area contributed by atoms with Crippen molar-refractivity contribution in [3.05, 3.63) is 58.1 Å². The standard InChI is InChI=1S/C16H15BrClN3/c1-10-8-19-6-5-12(10)9-21-15-4-3-13(17)7-14(15)20-16(21)11(2)18/h3-8,11H,9H2,1-2H3. The number of imidazole rings is 1. The van der Waals surface area contributed by atoms with Crippen molar-refractivity contribution in [2.24, 2.45) is 0 Å². The molecule has 3 rings (SSSR count). The van der Waals surface area contributed by atoms with Crippen LogP contribution < -0.4 is 0 Å². The van der Waals surface area contributed by atoms with Crippen LogP contribution in [0.5, 0.6) is 0 Å². The predicted octanol–water partition coefficient (Wildman–Crippen LogP) is 4.85. The average molecular weight is 365 g/mol. The molecule has 5 heteroatoms. The van der Waals surface area contributed by atoms with Gasteiger partial charge in [-0.15, -0.1) is 11.6 Å². The largest absolute Gasteiger partial charge is 0.322 e. The first-order valence-electron chi connectivity index (χ1n) is 6.75. The van der Waals surface area contributed by atoms with E-state index in [4.69, 9.17) is 11.6 Å². The van der Waals surface area contributed by atoms with Gasteiger partial charge >= 0.3 is 0 Å². The molecule has 0 aliphatic heterocycles. The van der Waals surface area contributed by atoms with Gasteiger partial charge in [-0.25, -0.2) is 4.98 Å². The minimum absolute atomic E-state index is 0.140. The molecule has 0 fully saturated rings. The van der Waals surface area contributed by atoms with E-state index in [1.54, 1.807) is 0 Å². The molecule has 21 heavy (non-hydrogen) atoms. The van der Waals surface area contributed by atoms with E-state index in [1.165, 1.54) is 11.1 Å². The van der Waals surface area contributed by atoms with Gasteiger partial charge in [0.25, 0.3) is 0 Å². The maximum absolute atomic E-state index is 6.32. The number of pyridine rings is 1. The fourth-order valence-electron chi connectivity index (χ4n) is 2.44. The molecule has 0 saturated carbocycles. The molecule has 1 atom stereocenters. The van der Waals surface area contributed by atoms with Gasteiger partial charge in [0.1, 0.15) is 5.82 Å². The molecule has 2 aromatic heterocycles. The Balaban J connectivity index is 2.16. The zero-order chi connectivity index (χ0) is 15.0. The molecule has 3 aromatic rings. The van der Waals surface area contributed by atoms with Crippen molar-refractivity contribution in [2.75, 3.05) is 0 Å². The fourth-order valence-corrected chi connectivity index (χ4v) is 2.96. The number of alkyl halides is 1. The summed E-state index contributed by atoms with van der Waals surface area (Å²) in [6.45, 7) is 4.77. The van der Waals surface area contributed by atoms with Crippen molar-refractivity contribution < 1.29 is 0 Å². The Bertz CT molecular complexity index is 795. The molecule has 1 unspecified atom stereocenters. The summed E-state index contributed by atoms with van der Waals surface area (Å²) in [6.07, 6.45) is 3.71. The van der Waals surface area contributed by atoms with Crippen LogP contribution in [0.4, 0.5) is 0 Å². The molecule has 0 amide bonds. The van der Waals surface area contributed by atoms with Gasteiger partial charge in [-0.1, -0.05) is 15.9 Å². The van der Waals surface area contributed by atoms with Crippen LogP contribution in [0.1, 0.15) is 29.3 Å². The molecule has 0 aliphatic rings. The molecule has 0 radical (unpaired) electrons. The SMILES string of the molecule is Cc1cnccc1Cn1c(C(C)Cl)nc2cc(Br)ccc21. The van der Waals surface area contributed by atoms with E-state index in [0.717, 1.165) is 27.9 Å². The minimum atomic E-state index is -0.140. The smallest absolute Gasteiger partial charge is 0.128 e. The van der Waals surface area contributed by atoms with Gasteiger partial charge in [0.15, 0.2) is 0 Å². The van der Waals surface area contributed by atoms with Gasteiger partial charge in [-0.3, -0.25) is 4.98 Å². The lowest BCUT2D eigenvalue weighted by atomic mass is 10.1. The number of aryl methyl sites for hydroxylation is 1. The van der Waals surface area contributed by atoms with Crippen molar-refractivity contribution in [1.82, 2.24) is 14.5 Å². The monoisotopic (exact) mass is 363 g/mol. The summed E-state index contributed by atoms with van der Waals surface area (Å²) < 4.78 is 3.20. The highest BCUT2D eigenvalue weighted by molar-refractivity contribution is 9.10. The lowest BCUT2D eigenvalue weighted by Crippen LogP contribution is -2.07. The van der Waals surface area contributed by atoms with Crippen LogP contribution in [0, 0.1) is 6.92 Å². The van der Waals surface area contributed by atoms with Crippen LogP contribution in [0.2, 0.25) is 0 Å². The molecule has 0 spiro atoms. The van der Waals surface area contributed by atoms with Gasteiger partial charge in [0.05, 0.1) is 16.4 Å². The zero-order valence-corrected chi connectivity index (χ0v) is 14.2. The Labute approximate surface area is 137 Å². The van der Waals surface area contributed by atoms with E-state index in [1.807, 2.05) is 37.5 Å². The third-order valence-corrected chi connectivity index (χ3v) is 4.25. The van der Waals surface area contributed by atoms with Crippen molar-refractivity contribution >= 4 is 38.6 Å². The first kappa shape index (κ1) is 14.5. The van der Waals surface area contributed by atoms with Crippen LogP contribution >= 0.6 is 27.5 Å². The molecule has 2 heterocycles. The highest BCUT2D eigenvalue weighted by atomic mass is 79.9. The average Bonchev–Trinajstić information content (AvgIpc) is 2.79. The van der Waals surface area contributed by atoms with Gasteiger partial charge in [0, 0.05) is 23.4 Å². The second kappa shape index (κ2) is 5.78. The summed E-state index contributed by atoms with van der Waals surface area (Å²) in [7, 11) is 0. The van der Waals surface area contributed by atoms with Crippen LogP contribution in [0.25, 0.3) is 11.0 Å². The molecule has 0 N–H and O–H groups in total. The summed E-state index contributed by atoms with van der Waals surface area (Å²) in [4.78, 5) is 8.83. The topological polar surface area (TPSA) is 30.7 Å². The number of rotatable bonds is 3. The fraction of sp³-hybridized carbons (Fsp3) is 0.250. The third kappa shape index (κ3) is 2.83. The molecule has 108 valence electrons. The predicted molar refractivity (Wildman–Crippen MR) is 89.8 cm³/mol. The first-order chi connectivity index (χ1) is 10.1. The second-order valence-corrected chi connectivity index (χ2v) is 6.68. The number of aromatic nitrogens is 3. The third-order valence-electron chi connectivity index (χ3n) is 3.56. The van der Waals surface area contributed by atoms with E-state index >= 15 is 0 Å². The number of halogens is 2. The first-order valence-corrected chi connectivity index (χ1v) is 7.98. The minimum Gasteiger partial charge on any atom is -0.322 e. The molecule has 0 bridgehead atoms. The second-order valence-electron chi connectivity index (χ2n) is 5.11. The Hall–Kier alpha value is -1.39. The van der Waals surface area contributed by atoms with Gasteiger partial charge in [0.2, 0.25) is 0 Å². The Morgan fingerprint density at radius 2 is 2.14 bits per heavy atom. The summed E-state index contributed by atoms with van der Waals surface area (Å²) in [5, 5.41) is -0.140. The molecular weight excluding hydrogens is 350 g/mol. The van der Waals surface area contributed by atoms with Crippen LogP contribution in [0.15, 0.2) is 41.1 Å². The summed E-state index contributed by atoms with van der Waals surface area (Å²) >= 11 is 9.81. The van der Waals surface area contributed by atoms with Gasteiger partial charge in [-0.05, 0) is 49.2 Å². The lowest BCUT2D eigenvalue weighted by Gasteiger charge is -2.12. The molecule has 3 nitrogen and oxygen atoms in total. The number of benzene rings is 1. The Kier molecular flexibility index (Phi) is 4.00. The van der Waals surface area contributed by atoms with Crippen molar-refractivity contribution in [1.29, 1.82) is 0 Å². The van der Waals surface area contributed by atoms with Crippen LogP contribution in [-0.4, -0.2) is 14.5 Å². The number of fused-ring (bicyclic) bond motifs is 1. The van der Waals surface area contributed by atoms with E-state index < -0.39 is 0 Å². The van der Waals surface area contributed by atoms with E-state index in [9.17, 15) is 0 Å². The molecule has 0 saturated heterocycles. The van der Waals surface area contributed by atoms with Crippen LogP contribution in [-0.2, 0) is 6.54 Å². The highest BCUT2D eigenvalue weighted by Gasteiger charge is 2.16. The summed E-state index contributed by atoms with van der Waals surface area (Å²) in [5.41, 5.74) is 4.45. The zero-order valence-electron chi connectivity index (χ0n) is 11.8. The molecular formula is C16H15BrClN3. The Morgan fingerprint density at radius 3 is 2.86 bits per heavy atom. The maximum atomic E-state index is 6.32. The lowest BCUT2D eigenvalue weighted by molar-refractivity contribution is 0.738. The number of hydrogen-bond donors (Lipinski definition) is 0.